The molecule has 0 N–H and O–H groups in total. The fourth-order valence-corrected chi connectivity index (χ4v) is 5.57. The monoisotopic (exact) mass is 429 g/mol. The summed E-state index contributed by atoms with van der Waals surface area (Å²) in [6.45, 7) is 6.12. The van der Waals surface area contributed by atoms with Gasteiger partial charge in [0, 0.05) is 24.7 Å². The predicted octanol–water partition coefficient (Wildman–Crippen LogP) is 4.23. The van der Waals surface area contributed by atoms with Crippen molar-refractivity contribution in [2.24, 2.45) is 0 Å². The van der Waals surface area contributed by atoms with E-state index in [0.29, 0.717) is 17.5 Å². The zero-order valence-electron chi connectivity index (χ0n) is 18.1. The molecule has 0 aliphatic carbocycles. The van der Waals surface area contributed by atoms with Gasteiger partial charge in [-0.25, -0.2) is 4.98 Å². The molecular weight excluding hydrogens is 398 g/mol. The van der Waals surface area contributed by atoms with Gasteiger partial charge < -0.3 is 19.3 Å². The molecule has 1 aromatic heterocycles. The van der Waals surface area contributed by atoms with Gasteiger partial charge in [0.25, 0.3) is 5.91 Å². The highest BCUT2D eigenvalue weighted by molar-refractivity contribution is 7.17. The second kappa shape index (κ2) is 9.35. The van der Waals surface area contributed by atoms with Gasteiger partial charge in [-0.2, -0.15) is 0 Å². The lowest BCUT2D eigenvalue weighted by Gasteiger charge is -2.32. The first-order valence-corrected chi connectivity index (χ1v) is 11.7. The number of likely N-dealkylation sites (tertiary alicyclic amines) is 2. The first kappa shape index (κ1) is 21.1. The van der Waals surface area contributed by atoms with E-state index in [-0.39, 0.29) is 5.91 Å². The Balaban J connectivity index is 1.53. The molecule has 0 bridgehead atoms. The second-order valence-electron chi connectivity index (χ2n) is 8.16. The summed E-state index contributed by atoms with van der Waals surface area (Å²) < 4.78 is 10.8. The van der Waals surface area contributed by atoms with Gasteiger partial charge in [-0.3, -0.25) is 4.79 Å². The molecule has 2 saturated heterocycles. The molecule has 0 spiro atoms. The standard InChI is InChI=1S/C23H31N3O3S/c1-16-21(30-22(24-16)17-9-10-19(28-2)20(14-17)29-3)23(27)26-13-7-8-18(26)15-25-11-5-4-6-12-25/h9-10,14,18H,4-8,11-13,15H2,1-3H3. The highest BCUT2D eigenvalue weighted by Gasteiger charge is 2.33. The molecule has 162 valence electrons. The van der Waals surface area contributed by atoms with E-state index >= 15 is 0 Å². The van der Waals surface area contributed by atoms with Crippen LogP contribution in [0.1, 0.15) is 47.5 Å². The molecule has 2 aliphatic rings. The van der Waals surface area contributed by atoms with Crippen molar-refractivity contribution in [1.29, 1.82) is 0 Å². The molecule has 2 aromatic rings. The number of ether oxygens (including phenoxy) is 2. The smallest absolute Gasteiger partial charge is 0.266 e. The summed E-state index contributed by atoms with van der Waals surface area (Å²) in [5, 5.41) is 0.837. The summed E-state index contributed by atoms with van der Waals surface area (Å²) in [5.74, 6) is 1.48. The van der Waals surface area contributed by atoms with Crippen LogP contribution < -0.4 is 9.47 Å². The summed E-state index contributed by atoms with van der Waals surface area (Å²) in [6.07, 6.45) is 6.09. The summed E-state index contributed by atoms with van der Waals surface area (Å²) in [5.41, 5.74) is 1.74. The van der Waals surface area contributed by atoms with Crippen LogP contribution in [0.15, 0.2) is 18.2 Å². The molecule has 3 heterocycles. The second-order valence-corrected chi connectivity index (χ2v) is 9.16. The molecular formula is C23H31N3O3S. The van der Waals surface area contributed by atoms with Gasteiger partial charge in [0.1, 0.15) is 9.88 Å². The maximum atomic E-state index is 13.4. The fraction of sp³-hybridized carbons (Fsp3) is 0.565. The first-order valence-electron chi connectivity index (χ1n) is 10.8. The third-order valence-electron chi connectivity index (χ3n) is 6.18. The van der Waals surface area contributed by atoms with Crippen LogP contribution in [0, 0.1) is 6.92 Å². The van der Waals surface area contributed by atoms with E-state index in [1.54, 1.807) is 14.2 Å². The molecule has 0 radical (unpaired) electrons. The largest absolute Gasteiger partial charge is 0.493 e. The van der Waals surface area contributed by atoms with Crippen LogP contribution in [-0.2, 0) is 0 Å². The average Bonchev–Trinajstić information content (AvgIpc) is 3.40. The number of nitrogens with zero attached hydrogens (tertiary/aromatic N) is 3. The highest BCUT2D eigenvalue weighted by atomic mass is 32.1. The van der Waals surface area contributed by atoms with Crippen LogP contribution >= 0.6 is 11.3 Å². The maximum Gasteiger partial charge on any atom is 0.266 e. The third kappa shape index (κ3) is 4.32. The van der Waals surface area contributed by atoms with Crippen LogP contribution in [0.4, 0.5) is 0 Å². The van der Waals surface area contributed by atoms with E-state index in [1.165, 1.54) is 43.7 Å². The number of rotatable bonds is 6. The van der Waals surface area contributed by atoms with E-state index in [1.807, 2.05) is 25.1 Å². The van der Waals surface area contributed by atoms with Crippen molar-refractivity contribution < 1.29 is 14.3 Å². The highest BCUT2D eigenvalue weighted by Crippen LogP contribution is 2.36. The Kier molecular flexibility index (Phi) is 6.58. The van der Waals surface area contributed by atoms with Gasteiger partial charge in [0.15, 0.2) is 11.5 Å². The van der Waals surface area contributed by atoms with Crippen molar-refractivity contribution in [2.45, 2.75) is 45.1 Å². The van der Waals surface area contributed by atoms with Crippen molar-refractivity contribution in [3.05, 3.63) is 28.8 Å². The number of hydrogen-bond acceptors (Lipinski definition) is 6. The minimum Gasteiger partial charge on any atom is -0.493 e. The van der Waals surface area contributed by atoms with Gasteiger partial charge in [-0.15, -0.1) is 11.3 Å². The van der Waals surface area contributed by atoms with Crippen LogP contribution in [0.25, 0.3) is 10.6 Å². The zero-order valence-corrected chi connectivity index (χ0v) is 19.0. The van der Waals surface area contributed by atoms with Gasteiger partial charge in [0.2, 0.25) is 0 Å². The topological polar surface area (TPSA) is 54.9 Å². The summed E-state index contributed by atoms with van der Waals surface area (Å²) >= 11 is 1.48. The van der Waals surface area contributed by atoms with Gasteiger partial charge >= 0.3 is 0 Å². The molecule has 7 heteroatoms. The third-order valence-corrected chi connectivity index (χ3v) is 7.37. The number of amides is 1. The minimum absolute atomic E-state index is 0.135. The lowest BCUT2D eigenvalue weighted by atomic mass is 10.1. The van der Waals surface area contributed by atoms with Gasteiger partial charge in [-0.05, 0) is 63.9 Å². The number of hydrogen-bond donors (Lipinski definition) is 0. The molecule has 1 amide bonds. The summed E-state index contributed by atoms with van der Waals surface area (Å²) in [7, 11) is 3.25. The van der Waals surface area contributed by atoms with Crippen molar-refractivity contribution in [3.63, 3.8) is 0 Å². The summed E-state index contributed by atoms with van der Waals surface area (Å²) in [4.78, 5) is 23.5. The Morgan fingerprint density at radius 1 is 1.10 bits per heavy atom. The normalized spacial score (nSPS) is 19.8. The zero-order chi connectivity index (χ0) is 21.1. The van der Waals surface area contributed by atoms with Crippen molar-refractivity contribution >= 4 is 17.2 Å². The quantitative estimate of drug-likeness (QED) is 0.688. The Hall–Kier alpha value is -2.12. The molecule has 1 unspecified atom stereocenters. The van der Waals surface area contributed by atoms with Gasteiger partial charge in [-0.1, -0.05) is 6.42 Å². The van der Waals surface area contributed by atoms with E-state index in [4.69, 9.17) is 14.5 Å². The number of benzene rings is 1. The van der Waals surface area contributed by atoms with Crippen molar-refractivity contribution in [2.75, 3.05) is 40.4 Å². The van der Waals surface area contributed by atoms with Crippen molar-refractivity contribution in [3.8, 4) is 22.1 Å². The van der Waals surface area contributed by atoms with E-state index < -0.39 is 0 Å². The van der Waals surface area contributed by atoms with Crippen LogP contribution in [-0.4, -0.2) is 67.1 Å². The summed E-state index contributed by atoms with van der Waals surface area (Å²) in [6, 6.07) is 6.08. The molecule has 4 rings (SSSR count). The maximum absolute atomic E-state index is 13.4. The SMILES string of the molecule is COc1ccc(-c2nc(C)c(C(=O)N3CCCC3CN3CCCCC3)s2)cc1OC. The van der Waals surface area contributed by atoms with Crippen molar-refractivity contribution in [1.82, 2.24) is 14.8 Å². The van der Waals surface area contributed by atoms with Gasteiger partial charge in [0.05, 0.1) is 19.9 Å². The number of aryl methyl sites for hydroxylation is 1. The molecule has 2 aliphatic heterocycles. The number of carbonyl (C=O) groups is 1. The Labute approximate surface area is 182 Å². The molecule has 2 fully saturated rings. The van der Waals surface area contributed by atoms with Crippen LogP contribution in [0.2, 0.25) is 0 Å². The molecule has 1 aromatic carbocycles. The van der Waals surface area contributed by atoms with E-state index in [0.717, 1.165) is 47.1 Å². The Bertz CT molecular complexity index is 892. The van der Waals surface area contributed by atoms with E-state index in [2.05, 4.69) is 9.80 Å². The predicted molar refractivity (Wildman–Crippen MR) is 120 cm³/mol. The molecule has 1 atom stereocenters. The van der Waals surface area contributed by atoms with E-state index in [9.17, 15) is 4.79 Å². The van der Waals surface area contributed by atoms with Crippen LogP contribution in [0.3, 0.4) is 0 Å². The average molecular weight is 430 g/mol. The minimum atomic E-state index is 0.135. The molecule has 0 saturated carbocycles. The van der Waals surface area contributed by atoms with Crippen LogP contribution in [0.5, 0.6) is 11.5 Å². The Morgan fingerprint density at radius 3 is 2.60 bits per heavy atom. The number of piperidine rings is 1. The number of carbonyl (C=O) groups excluding carboxylic acids is 1. The fourth-order valence-electron chi connectivity index (χ4n) is 4.55. The number of aromatic nitrogens is 1. The lowest BCUT2D eigenvalue weighted by molar-refractivity contribution is 0.0694. The number of methoxy groups -OCH3 is 2. The first-order chi connectivity index (χ1) is 14.6. The molecule has 6 nitrogen and oxygen atoms in total. The Morgan fingerprint density at radius 2 is 1.87 bits per heavy atom. The number of thiazole rings is 1. The lowest BCUT2D eigenvalue weighted by Crippen LogP contribution is -2.44. The molecule has 30 heavy (non-hydrogen) atoms.